The second-order valence-corrected chi connectivity index (χ2v) is 7.76. The quantitative estimate of drug-likeness (QED) is 0.489. The third-order valence-electron chi connectivity index (χ3n) is 4.30. The molecule has 0 aliphatic heterocycles. The van der Waals surface area contributed by atoms with Gasteiger partial charge in [-0.05, 0) is 55.2 Å². The Morgan fingerprint density at radius 2 is 1.78 bits per heavy atom. The van der Waals surface area contributed by atoms with Crippen LogP contribution in [-0.2, 0) is 16.5 Å². The molecule has 0 aliphatic carbocycles. The van der Waals surface area contributed by atoms with E-state index in [-0.39, 0.29) is 22.0 Å². The Balaban J connectivity index is 2.15. The maximum absolute atomic E-state index is 12.9. The van der Waals surface area contributed by atoms with Crippen molar-refractivity contribution in [2.24, 2.45) is 0 Å². The Hall–Kier alpha value is -2.80. The Bertz CT molecular complexity index is 1180. The number of aryl methyl sites for hydroxylation is 3. The smallest absolute Gasteiger partial charge is 0.342 e. The molecular formula is C20H20O6S. The van der Waals surface area contributed by atoms with Crippen LogP contribution >= 0.6 is 0 Å². The van der Waals surface area contributed by atoms with Crippen LogP contribution in [0.4, 0.5) is 0 Å². The summed E-state index contributed by atoms with van der Waals surface area (Å²) < 4.78 is 41.6. The molecule has 0 fully saturated rings. The fraction of sp³-hybridized carbons (Fsp3) is 0.250. The van der Waals surface area contributed by atoms with Gasteiger partial charge in [0, 0.05) is 17.5 Å². The van der Waals surface area contributed by atoms with E-state index in [0.29, 0.717) is 12.0 Å². The van der Waals surface area contributed by atoms with Crippen LogP contribution < -0.4 is 14.5 Å². The molecule has 0 aliphatic rings. The number of methoxy groups -OCH3 is 1. The first-order valence-corrected chi connectivity index (χ1v) is 9.82. The Kier molecular flexibility index (Phi) is 4.97. The number of fused-ring (bicyclic) bond motifs is 1. The van der Waals surface area contributed by atoms with Crippen LogP contribution in [0, 0.1) is 13.8 Å². The fourth-order valence-electron chi connectivity index (χ4n) is 2.89. The summed E-state index contributed by atoms with van der Waals surface area (Å²) in [5, 5.41) is 0.740. The van der Waals surface area contributed by atoms with Crippen LogP contribution in [0.25, 0.3) is 11.0 Å². The summed E-state index contributed by atoms with van der Waals surface area (Å²) in [6, 6.07) is 9.45. The van der Waals surface area contributed by atoms with Crippen molar-refractivity contribution in [3.8, 4) is 11.5 Å². The van der Waals surface area contributed by atoms with Crippen molar-refractivity contribution in [2.45, 2.75) is 32.1 Å². The van der Waals surface area contributed by atoms with Gasteiger partial charge in [-0.2, -0.15) is 8.42 Å². The van der Waals surface area contributed by atoms with Gasteiger partial charge in [-0.25, -0.2) is 4.79 Å². The third kappa shape index (κ3) is 3.68. The normalized spacial score (nSPS) is 11.6. The lowest BCUT2D eigenvalue weighted by molar-refractivity contribution is 0.398. The number of hydrogen-bond donors (Lipinski definition) is 0. The summed E-state index contributed by atoms with van der Waals surface area (Å²) in [6.07, 6.45) is 0.546. The molecular weight excluding hydrogens is 368 g/mol. The molecule has 6 nitrogen and oxygen atoms in total. The van der Waals surface area contributed by atoms with Crippen molar-refractivity contribution in [3.63, 3.8) is 0 Å². The zero-order chi connectivity index (χ0) is 19.8. The minimum Gasteiger partial charge on any atom is -0.495 e. The van der Waals surface area contributed by atoms with Gasteiger partial charge in [0.2, 0.25) is 0 Å². The van der Waals surface area contributed by atoms with Crippen LogP contribution in [0.2, 0.25) is 0 Å². The summed E-state index contributed by atoms with van der Waals surface area (Å²) in [7, 11) is -2.75. The van der Waals surface area contributed by atoms with Crippen LogP contribution in [0.3, 0.4) is 0 Å². The summed E-state index contributed by atoms with van der Waals surface area (Å²) in [6.45, 7) is 5.47. The lowest BCUT2D eigenvalue weighted by atomic mass is 10.1. The summed E-state index contributed by atoms with van der Waals surface area (Å²) in [5.74, 6) is 0.323. The molecule has 0 atom stereocenters. The molecule has 7 heteroatoms. The lowest BCUT2D eigenvalue weighted by Crippen LogP contribution is -2.13. The fourth-order valence-corrected chi connectivity index (χ4v) is 4.10. The molecule has 0 unspecified atom stereocenters. The van der Waals surface area contributed by atoms with Crippen molar-refractivity contribution in [1.29, 1.82) is 0 Å². The standard InChI is InChI=1S/C20H20O6S/c1-5-14-10-15-13(3)9-20(21)25-18(15)11-17(14)26-27(22,23)19-8-12(2)6-7-16(19)24-4/h6-11H,5H2,1-4H3. The van der Waals surface area contributed by atoms with E-state index < -0.39 is 15.7 Å². The second-order valence-electron chi connectivity index (χ2n) is 6.25. The first-order chi connectivity index (χ1) is 12.7. The average molecular weight is 388 g/mol. The first-order valence-electron chi connectivity index (χ1n) is 8.41. The van der Waals surface area contributed by atoms with E-state index in [2.05, 4.69) is 0 Å². The molecule has 3 rings (SSSR count). The van der Waals surface area contributed by atoms with Gasteiger partial charge >= 0.3 is 15.7 Å². The molecule has 1 aromatic heterocycles. The maximum Gasteiger partial charge on any atom is 0.342 e. The van der Waals surface area contributed by atoms with E-state index in [1.165, 1.54) is 25.3 Å². The van der Waals surface area contributed by atoms with Crippen molar-refractivity contribution < 1.29 is 21.8 Å². The monoisotopic (exact) mass is 388 g/mol. The number of hydrogen-bond acceptors (Lipinski definition) is 6. The molecule has 0 bridgehead atoms. The van der Waals surface area contributed by atoms with Crippen molar-refractivity contribution in [2.75, 3.05) is 7.11 Å². The number of rotatable bonds is 5. The SMILES string of the molecule is CCc1cc2c(C)cc(=O)oc2cc1OS(=O)(=O)c1cc(C)ccc1OC. The van der Waals surface area contributed by atoms with Gasteiger partial charge in [0.25, 0.3) is 0 Å². The van der Waals surface area contributed by atoms with Gasteiger partial charge in [-0.1, -0.05) is 13.0 Å². The number of ether oxygens (including phenoxy) is 1. The molecule has 0 N–H and O–H groups in total. The van der Waals surface area contributed by atoms with Crippen molar-refractivity contribution >= 4 is 21.1 Å². The molecule has 142 valence electrons. The molecule has 0 spiro atoms. The highest BCUT2D eigenvalue weighted by Crippen LogP contribution is 2.32. The molecule has 0 amide bonds. The molecule has 0 radical (unpaired) electrons. The summed E-state index contributed by atoms with van der Waals surface area (Å²) in [5.41, 5.74) is 1.98. The number of benzene rings is 2. The Morgan fingerprint density at radius 1 is 1.04 bits per heavy atom. The summed E-state index contributed by atoms with van der Waals surface area (Å²) >= 11 is 0. The highest BCUT2D eigenvalue weighted by atomic mass is 32.2. The highest BCUT2D eigenvalue weighted by molar-refractivity contribution is 7.87. The van der Waals surface area contributed by atoms with E-state index in [1.807, 2.05) is 6.92 Å². The lowest BCUT2D eigenvalue weighted by Gasteiger charge is -2.14. The zero-order valence-electron chi connectivity index (χ0n) is 15.5. The van der Waals surface area contributed by atoms with Gasteiger partial charge in [-0.15, -0.1) is 0 Å². The highest BCUT2D eigenvalue weighted by Gasteiger charge is 2.24. The van der Waals surface area contributed by atoms with Gasteiger partial charge < -0.3 is 13.3 Å². The molecule has 3 aromatic rings. The minimum absolute atomic E-state index is 0.0576. The van der Waals surface area contributed by atoms with E-state index >= 15 is 0 Å². The maximum atomic E-state index is 12.9. The summed E-state index contributed by atoms with van der Waals surface area (Å²) in [4.78, 5) is 11.6. The van der Waals surface area contributed by atoms with Gasteiger partial charge in [0.15, 0.2) is 0 Å². The van der Waals surface area contributed by atoms with Crippen LogP contribution in [0.1, 0.15) is 23.6 Å². The molecule has 0 saturated heterocycles. The van der Waals surface area contributed by atoms with Crippen molar-refractivity contribution in [3.05, 3.63) is 63.5 Å². The topological polar surface area (TPSA) is 82.8 Å². The van der Waals surface area contributed by atoms with E-state index in [4.69, 9.17) is 13.3 Å². The molecule has 0 saturated carbocycles. The minimum atomic E-state index is -4.14. The van der Waals surface area contributed by atoms with Crippen LogP contribution in [0.5, 0.6) is 11.5 Å². The largest absolute Gasteiger partial charge is 0.495 e. The van der Waals surface area contributed by atoms with Gasteiger partial charge in [-0.3, -0.25) is 0 Å². The first kappa shape index (κ1) is 19.0. The zero-order valence-corrected chi connectivity index (χ0v) is 16.3. The third-order valence-corrected chi connectivity index (χ3v) is 5.56. The van der Waals surface area contributed by atoms with Crippen LogP contribution in [0.15, 0.2) is 50.5 Å². The molecule has 27 heavy (non-hydrogen) atoms. The van der Waals surface area contributed by atoms with E-state index in [0.717, 1.165) is 16.5 Å². The van der Waals surface area contributed by atoms with E-state index in [9.17, 15) is 13.2 Å². The van der Waals surface area contributed by atoms with E-state index in [1.54, 1.807) is 32.0 Å². The average Bonchev–Trinajstić information content (AvgIpc) is 2.60. The predicted molar refractivity (Wildman–Crippen MR) is 102 cm³/mol. The molecule has 1 heterocycles. The Labute approximate surface area is 157 Å². The van der Waals surface area contributed by atoms with Crippen molar-refractivity contribution in [1.82, 2.24) is 0 Å². The van der Waals surface area contributed by atoms with Gasteiger partial charge in [0.1, 0.15) is 22.0 Å². The van der Waals surface area contributed by atoms with Crippen LogP contribution in [-0.4, -0.2) is 15.5 Å². The second kappa shape index (κ2) is 7.08. The predicted octanol–water partition coefficient (Wildman–Crippen LogP) is 3.75. The molecule has 2 aromatic carbocycles. The van der Waals surface area contributed by atoms with Gasteiger partial charge in [0.05, 0.1) is 7.11 Å². The Morgan fingerprint density at radius 3 is 2.44 bits per heavy atom.